The minimum Gasteiger partial charge on any atom is -0.338 e. The topological polar surface area (TPSA) is 150 Å². The summed E-state index contributed by atoms with van der Waals surface area (Å²) in [6.45, 7) is 5.20. The second kappa shape index (κ2) is 11.7. The van der Waals surface area contributed by atoms with Gasteiger partial charge in [-0.1, -0.05) is 57.4 Å². The summed E-state index contributed by atoms with van der Waals surface area (Å²) >= 11 is 0. The number of aromatic nitrogens is 8. The van der Waals surface area contributed by atoms with Crippen LogP contribution in [0.5, 0.6) is 0 Å². The number of amides is 2. The lowest BCUT2D eigenvalue weighted by Crippen LogP contribution is -2.40. The van der Waals surface area contributed by atoms with Gasteiger partial charge in [0.15, 0.2) is 5.82 Å². The van der Waals surface area contributed by atoms with Gasteiger partial charge in [-0.15, -0.1) is 5.10 Å². The van der Waals surface area contributed by atoms with Gasteiger partial charge >= 0.3 is 6.03 Å². The van der Waals surface area contributed by atoms with Gasteiger partial charge in [-0.2, -0.15) is 4.98 Å². The summed E-state index contributed by atoms with van der Waals surface area (Å²) in [7, 11) is 0. The smallest absolute Gasteiger partial charge is 0.324 e. The molecule has 3 aromatic heterocycles. The summed E-state index contributed by atoms with van der Waals surface area (Å²) in [5, 5.41) is 20.0. The summed E-state index contributed by atoms with van der Waals surface area (Å²) in [5.41, 5.74) is 2.76. The molecule has 1 fully saturated rings. The number of carbonyl (C=O) groups is 1. The van der Waals surface area contributed by atoms with Gasteiger partial charge in [0, 0.05) is 29.8 Å². The summed E-state index contributed by atoms with van der Waals surface area (Å²) in [6.07, 6.45) is 10.3. The molecule has 0 saturated heterocycles. The lowest BCUT2D eigenvalue weighted by Gasteiger charge is -2.36. The molecule has 0 aliphatic heterocycles. The van der Waals surface area contributed by atoms with Crippen molar-refractivity contribution in [3.05, 3.63) is 49.1 Å². The number of benzene rings is 1. The fourth-order valence-electron chi connectivity index (χ4n) is 4.77. The summed E-state index contributed by atoms with van der Waals surface area (Å²) in [5.74, 6) is 1.92. The van der Waals surface area contributed by atoms with Crippen LogP contribution >= 0.6 is 0 Å². The van der Waals surface area contributed by atoms with Crippen LogP contribution in [0.2, 0.25) is 0 Å². The van der Waals surface area contributed by atoms with E-state index in [2.05, 4.69) is 60.0 Å². The van der Waals surface area contributed by atoms with E-state index in [9.17, 15) is 4.79 Å². The molecule has 3 heterocycles. The molecule has 196 valence electrons. The standard InChI is InChI=1S/C26H31N11O/c1-17(2)15-37(19-8-4-3-5-9-19)25-30-22(20-10-6-7-11-21(20)24-33-35-36-34-24)12-23(31-25)32-26(38)29-18-13-27-16-28-14-18/h6-7,10-14,16-17,19H,3-5,8-9,15H2,1-2H3,(H,33,34,35,36)(H2,29,30,31,32,38). The quantitative estimate of drug-likeness (QED) is 0.308. The monoisotopic (exact) mass is 513 g/mol. The number of H-pyrrole nitrogens is 1. The molecule has 1 aliphatic carbocycles. The Balaban J connectivity index is 1.56. The van der Waals surface area contributed by atoms with Gasteiger partial charge in [-0.25, -0.2) is 24.8 Å². The normalized spacial score (nSPS) is 13.9. The number of nitrogens with zero attached hydrogens (tertiary/aromatic N) is 8. The molecule has 0 spiro atoms. The molecule has 3 N–H and O–H groups in total. The van der Waals surface area contributed by atoms with Crippen LogP contribution in [0.25, 0.3) is 22.6 Å². The molecule has 12 nitrogen and oxygen atoms in total. The summed E-state index contributed by atoms with van der Waals surface area (Å²) in [4.78, 5) is 32.9. The van der Waals surface area contributed by atoms with E-state index in [0.29, 0.717) is 40.9 Å². The highest BCUT2D eigenvalue weighted by atomic mass is 16.2. The van der Waals surface area contributed by atoms with Crippen molar-refractivity contribution < 1.29 is 4.79 Å². The summed E-state index contributed by atoms with van der Waals surface area (Å²) in [6, 6.07) is 9.41. The average Bonchev–Trinajstić information content (AvgIpc) is 3.47. The fraction of sp³-hybridized carbons (Fsp3) is 0.385. The minimum atomic E-state index is -0.448. The highest BCUT2D eigenvalue weighted by molar-refractivity contribution is 5.99. The first kappa shape index (κ1) is 25.2. The number of hydrogen-bond acceptors (Lipinski definition) is 9. The highest BCUT2D eigenvalue weighted by Gasteiger charge is 2.26. The van der Waals surface area contributed by atoms with Gasteiger partial charge in [-0.05, 0) is 29.2 Å². The van der Waals surface area contributed by atoms with E-state index < -0.39 is 6.03 Å². The first-order valence-corrected chi connectivity index (χ1v) is 12.9. The van der Waals surface area contributed by atoms with E-state index in [1.165, 1.54) is 38.0 Å². The average molecular weight is 514 g/mol. The zero-order valence-corrected chi connectivity index (χ0v) is 21.5. The maximum absolute atomic E-state index is 12.9. The van der Waals surface area contributed by atoms with Crippen LogP contribution in [-0.2, 0) is 0 Å². The minimum absolute atomic E-state index is 0.346. The molecule has 38 heavy (non-hydrogen) atoms. The second-order valence-electron chi connectivity index (χ2n) is 9.78. The van der Waals surface area contributed by atoms with E-state index >= 15 is 0 Å². The predicted molar refractivity (Wildman–Crippen MR) is 144 cm³/mol. The first-order chi connectivity index (χ1) is 18.6. The molecule has 5 rings (SSSR count). The van der Waals surface area contributed by atoms with Crippen LogP contribution in [-0.4, -0.2) is 59.2 Å². The van der Waals surface area contributed by atoms with Crippen LogP contribution in [0.4, 0.5) is 22.2 Å². The molecule has 2 amide bonds. The van der Waals surface area contributed by atoms with Crippen LogP contribution in [0, 0.1) is 5.92 Å². The Morgan fingerprint density at radius 1 is 1.05 bits per heavy atom. The molecule has 1 aliphatic rings. The number of hydrogen-bond donors (Lipinski definition) is 3. The third-order valence-corrected chi connectivity index (χ3v) is 6.41. The highest BCUT2D eigenvalue weighted by Crippen LogP contribution is 2.33. The van der Waals surface area contributed by atoms with Crippen molar-refractivity contribution in [1.29, 1.82) is 0 Å². The Hall–Kier alpha value is -4.48. The molecular weight excluding hydrogens is 482 g/mol. The fourth-order valence-corrected chi connectivity index (χ4v) is 4.77. The van der Waals surface area contributed by atoms with Crippen LogP contribution in [0.1, 0.15) is 46.0 Å². The Bertz CT molecular complexity index is 1340. The maximum atomic E-state index is 12.9. The number of rotatable bonds is 8. The van der Waals surface area contributed by atoms with E-state index in [1.54, 1.807) is 6.07 Å². The molecule has 0 radical (unpaired) electrons. The molecular formula is C26H31N11O. The largest absolute Gasteiger partial charge is 0.338 e. The van der Waals surface area contributed by atoms with Crippen molar-refractivity contribution in [1.82, 2.24) is 40.6 Å². The van der Waals surface area contributed by atoms with E-state index in [1.807, 2.05) is 24.3 Å². The first-order valence-electron chi connectivity index (χ1n) is 12.9. The van der Waals surface area contributed by atoms with Gasteiger partial charge in [-0.3, -0.25) is 5.32 Å². The van der Waals surface area contributed by atoms with Gasteiger partial charge in [0.25, 0.3) is 0 Å². The Morgan fingerprint density at radius 3 is 2.53 bits per heavy atom. The lowest BCUT2D eigenvalue weighted by atomic mass is 9.94. The van der Waals surface area contributed by atoms with Crippen molar-refractivity contribution >= 4 is 23.5 Å². The molecule has 0 atom stereocenters. The number of anilines is 3. The van der Waals surface area contributed by atoms with Crippen molar-refractivity contribution in [3.63, 3.8) is 0 Å². The van der Waals surface area contributed by atoms with Crippen molar-refractivity contribution in [2.75, 3.05) is 22.1 Å². The lowest BCUT2D eigenvalue weighted by molar-refractivity contribution is 0.262. The van der Waals surface area contributed by atoms with Gasteiger partial charge in [0.1, 0.15) is 12.1 Å². The van der Waals surface area contributed by atoms with Crippen LogP contribution < -0.4 is 15.5 Å². The molecule has 0 bridgehead atoms. The number of tetrazole rings is 1. The van der Waals surface area contributed by atoms with Crippen molar-refractivity contribution in [3.8, 4) is 22.6 Å². The molecule has 0 unspecified atom stereocenters. The Kier molecular flexibility index (Phi) is 7.76. The van der Waals surface area contributed by atoms with Crippen molar-refractivity contribution in [2.45, 2.75) is 52.0 Å². The van der Waals surface area contributed by atoms with Crippen molar-refractivity contribution in [2.24, 2.45) is 5.92 Å². The van der Waals surface area contributed by atoms with Gasteiger partial charge < -0.3 is 10.2 Å². The third-order valence-electron chi connectivity index (χ3n) is 6.41. The number of urea groups is 1. The molecule has 1 aromatic carbocycles. The van der Waals surface area contributed by atoms with Crippen LogP contribution in [0.15, 0.2) is 49.1 Å². The predicted octanol–water partition coefficient (Wildman–Crippen LogP) is 4.55. The van der Waals surface area contributed by atoms with E-state index in [0.717, 1.165) is 30.5 Å². The van der Waals surface area contributed by atoms with Gasteiger partial charge in [0.2, 0.25) is 5.95 Å². The van der Waals surface area contributed by atoms with E-state index in [-0.39, 0.29) is 0 Å². The zero-order valence-electron chi connectivity index (χ0n) is 21.5. The molecule has 1 saturated carbocycles. The Morgan fingerprint density at radius 2 is 1.82 bits per heavy atom. The summed E-state index contributed by atoms with van der Waals surface area (Å²) < 4.78 is 0. The number of nitrogens with one attached hydrogen (secondary N) is 3. The zero-order chi connectivity index (χ0) is 26.3. The molecule has 12 heteroatoms. The number of aromatic amines is 1. The van der Waals surface area contributed by atoms with Crippen LogP contribution in [0.3, 0.4) is 0 Å². The second-order valence-corrected chi connectivity index (χ2v) is 9.78. The molecule has 4 aromatic rings. The SMILES string of the molecule is CC(C)CN(c1nc(NC(=O)Nc2cncnc2)cc(-c2ccccc2-c2nnn[nH]2)n1)C1CCCCC1. The third kappa shape index (κ3) is 6.07. The maximum Gasteiger partial charge on any atom is 0.324 e. The van der Waals surface area contributed by atoms with E-state index in [4.69, 9.17) is 9.97 Å². The number of carbonyl (C=O) groups excluding carboxylic acids is 1. The van der Waals surface area contributed by atoms with Gasteiger partial charge in [0.05, 0.1) is 23.8 Å². The Labute approximate surface area is 220 Å².